The smallest absolute Gasteiger partial charge is 0.387 e. The number of ether oxygens (including phenoxy) is 3. The summed E-state index contributed by atoms with van der Waals surface area (Å²) in [6.45, 7) is 14.4. The second-order valence-corrected chi connectivity index (χ2v) is 38.4. The van der Waals surface area contributed by atoms with Crippen LogP contribution in [0, 0.1) is 16.8 Å². The van der Waals surface area contributed by atoms with Crippen molar-refractivity contribution < 1.29 is 80.7 Å². The van der Waals surface area contributed by atoms with Gasteiger partial charge in [-0.05, 0) is 177 Å². The number of aliphatic hydroxyl groups excluding tert-OH is 2. The van der Waals surface area contributed by atoms with Crippen LogP contribution in [0.25, 0.3) is 72.9 Å². The fraction of sp³-hybridized carbons (Fsp3) is 0.147. The number of aromatic amines is 2. The van der Waals surface area contributed by atoms with Crippen LogP contribution in [-0.2, 0) is 75.8 Å². The number of aliphatic hydroxyl groups is 2. The van der Waals surface area contributed by atoms with Gasteiger partial charge in [0.15, 0.2) is 0 Å². The molecule has 6 aromatic carbocycles. The number of fused-ring (bicyclic) bond motifs is 6. The van der Waals surface area contributed by atoms with Crippen LogP contribution in [0.5, 0.6) is 0 Å². The molecule has 51 heteroatoms. The van der Waals surface area contributed by atoms with Crippen molar-refractivity contribution in [2.45, 2.75) is 51.3 Å². The van der Waals surface area contributed by atoms with Crippen LogP contribution >= 0.6 is 154 Å². The maximum atomic E-state index is 11.3. The van der Waals surface area contributed by atoms with Gasteiger partial charge in [0.25, 0.3) is 5.56 Å². The number of nitrogens with two attached hydrogens (primary N) is 6. The molecule has 21 N–H and O–H groups in total. The van der Waals surface area contributed by atoms with E-state index in [-0.39, 0.29) is 76.6 Å². The van der Waals surface area contributed by atoms with Crippen LogP contribution in [0.1, 0.15) is 58.2 Å². The van der Waals surface area contributed by atoms with Gasteiger partial charge in [-0.2, -0.15) is 15.2 Å². The number of esters is 3. The zero-order valence-electron chi connectivity index (χ0n) is 77.2. The quantitative estimate of drug-likeness (QED) is 0.00893. The molecule has 1 aliphatic rings. The average molecular weight is 2340 g/mol. The van der Waals surface area contributed by atoms with Crippen LogP contribution in [0.4, 0.5) is 66.9 Å². The van der Waals surface area contributed by atoms with Crippen LogP contribution in [0.2, 0.25) is 15.7 Å². The van der Waals surface area contributed by atoms with Crippen molar-refractivity contribution in [1.29, 1.82) is 5.26 Å². The van der Waals surface area contributed by atoms with Crippen molar-refractivity contribution in [3.05, 3.63) is 320 Å². The first-order chi connectivity index (χ1) is 69.7. The predicted octanol–water partition coefficient (Wildman–Crippen LogP) is 21.3. The number of para-hydroxylation sites is 6. The average Bonchev–Trinajstić information content (AvgIpc) is 1.61. The summed E-state index contributed by atoms with van der Waals surface area (Å²) in [7, 11) is 0. The van der Waals surface area contributed by atoms with Crippen LogP contribution < -0.4 is 72.2 Å². The SMILES string of the molecule is CCOC(=O)c1ccsc1N.CCOC(=O)c1ccsc1NC(N)=O.Clc1nc(Cl)c2ccsc2n1.Clc1nc(NCc2ccccc2)c2ccsc2n1.N#CBr.Nc1ccccc1N.Nc1ccccc1Nc1nc(NCc2ccccc2)c2ccsc2n1.Nc1nc2ccccc2n1-c1nc(NCc2ccccc2)c2ccsc2n1.O=c1[nH]c(=O)c2ccsc2[nH]1.OC1CSC(O)CS1.[C-]#[N+]CC(=O)OCC.[V].[V]. The summed E-state index contributed by atoms with van der Waals surface area (Å²) in [5.74, 6) is 3.89. The monoisotopic (exact) mass is 2330 g/mol. The van der Waals surface area contributed by atoms with Crippen LogP contribution in [0.3, 0.4) is 0 Å². The van der Waals surface area contributed by atoms with E-state index in [0.717, 1.165) is 81.6 Å². The number of rotatable bonds is 19. The zero-order valence-corrected chi connectivity index (χ0v) is 91.2. The molecule has 0 saturated carbocycles. The molecule has 1 saturated heterocycles. The number of carbonyl (C=O) groups is 4. The van der Waals surface area contributed by atoms with Gasteiger partial charge in [0.05, 0.1) is 86.3 Å². The van der Waals surface area contributed by atoms with E-state index < -0.39 is 23.7 Å². The number of hydrogen-bond donors (Lipinski definition) is 15. The van der Waals surface area contributed by atoms with Gasteiger partial charge in [0.2, 0.25) is 28.4 Å². The number of imidazole rings is 1. The Morgan fingerprint density at radius 2 is 0.938 bits per heavy atom. The summed E-state index contributed by atoms with van der Waals surface area (Å²) in [5.41, 5.74) is 40.9. The molecule has 20 rings (SSSR count). The van der Waals surface area contributed by atoms with E-state index in [1.807, 2.05) is 161 Å². The minimum absolute atomic E-state index is 0. The van der Waals surface area contributed by atoms with Crippen molar-refractivity contribution in [1.82, 2.24) is 59.4 Å². The number of anilines is 11. The Kier molecular flexibility index (Phi) is 50.8. The number of thioether (sulfide) groups is 2. The Morgan fingerprint density at radius 1 is 0.507 bits per heavy atom. The number of nitrogens with zero attached hydrogens (tertiary/aromatic N) is 12. The Bertz CT molecular complexity index is 7550. The van der Waals surface area contributed by atoms with Gasteiger partial charge < -0.3 is 84.9 Å². The van der Waals surface area contributed by atoms with Crippen molar-refractivity contribution in [3.8, 4) is 10.9 Å². The third kappa shape index (κ3) is 37.5. The van der Waals surface area contributed by atoms with Crippen molar-refractivity contribution in [2.24, 2.45) is 5.73 Å². The van der Waals surface area contributed by atoms with Crippen molar-refractivity contribution in [3.63, 3.8) is 0 Å². The van der Waals surface area contributed by atoms with E-state index >= 15 is 0 Å². The molecule has 19 aromatic rings. The number of aromatic nitrogens is 12. The number of carbonyl (C=O) groups excluding carboxylic acids is 4. The Labute approximate surface area is 919 Å². The molecule has 754 valence electrons. The van der Waals surface area contributed by atoms with Crippen molar-refractivity contribution >= 4 is 302 Å². The summed E-state index contributed by atoms with van der Waals surface area (Å²) in [5, 5.41) is 60.1. The Hall–Kier alpha value is -13.0. The van der Waals surface area contributed by atoms with E-state index in [4.69, 9.17) is 111 Å². The minimum atomic E-state index is -0.696. The standard InChI is InChI=1S/C20H16N6S.C19H17N5S.C13H10ClN3S.C8H10N2O3S.C7H9NO2S.C6H2Cl2N2S.C6H4N2O2S.C6H8N2.C5H7NO2.C4H8O2S2.CBrN.2V/c21-19-23-15-8-4-5-9-16(15)26(19)20-24-17(14-10-11-27-18(14)25-20)22-12-13-6-2-1-3-7-13;20-15-8-4-5-9-16(15)22-19-23-17(14-10-11-25-18(14)24-19)21-12-13-6-2-1-3-7-13;14-13-16-11(10-6-7-18-12(10)17-13)15-8-9-4-2-1-3-5-9;1-2-13-7(11)5-3-4-14-6(5)10-8(9)12;1-2-10-7(9)5-3-4-11-6(5)8;7-4-3-1-2-11-5(3)10-6(8)9-4;9-4-3-1-2-11-5(3)8-6(10)7-4;7-5-3-1-2-4-6(5)8;1-3-8-5(7)4-6-2;5-3-1-7-4(6)2-8-3;2-1-3;;/h1-11H,12H2,(H2,21,23)(H,22,24,25);1-11H,12,20H2,(H2,21,22,23,24);1-7H,8H2,(H,15,16,17);3-4H,2H2,1H3,(H3,9,10,12);3-4H,2,8H2,1H3;1-2H;1-2H,(H2,7,8,9,10);1-4H,7-8H2;3-4H2,1H3;3-6H,1-2H2;;;. The van der Waals surface area contributed by atoms with E-state index in [2.05, 4.69) is 133 Å². The molecule has 13 aromatic heterocycles. The van der Waals surface area contributed by atoms with Gasteiger partial charge in [-0.1, -0.05) is 139 Å². The van der Waals surface area contributed by atoms with Gasteiger partial charge in [-0.3, -0.25) is 20.1 Å². The first-order valence-corrected chi connectivity index (χ1v) is 52.7. The minimum Gasteiger partial charge on any atom is -0.462 e. The summed E-state index contributed by atoms with van der Waals surface area (Å²) < 4.78 is 15.8. The summed E-state index contributed by atoms with van der Waals surface area (Å²) >= 11 is 32.7. The number of nitrogen functional groups attached to an aromatic ring is 5. The first kappa shape index (κ1) is 118. The third-order valence-electron chi connectivity index (χ3n) is 18.4. The molecule has 2 amide bonds. The molecule has 14 heterocycles. The number of hydrogen-bond acceptors (Lipinski definition) is 39. The maximum Gasteiger partial charge on any atom is 0.387 e. The van der Waals surface area contributed by atoms with Gasteiger partial charge in [-0.15, -0.1) is 103 Å². The largest absolute Gasteiger partial charge is 0.462 e. The van der Waals surface area contributed by atoms with E-state index in [0.29, 0.717) is 116 Å². The van der Waals surface area contributed by atoms with Crippen LogP contribution in [0.15, 0.2) is 254 Å². The molecule has 0 spiro atoms. The molecule has 36 nitrogen and oxygen atoms in total. The molecule has 146 heavy (non-hydrogen) atoms. The summed E-state index contributed by atoms with van der Waals surface area (Å²) in [6, 6.07) is 65.5. The fourth-order valence-electron chi connectivity index (χ4n) is 12.0. The normalized spacial score (nSPS) is 11.6. The maximum absolute atomic E-state index is 11.3. The number of benzene rings is 6. The third-order valence-corrected chi connectivity index (χ3v) is 27.2. The van der Waals surface area contributed by atoms with E-state index in [9.17, 15) is 28.8 Å². The molecule has 0 aliphatic carbocycles. The molecule has 2 unspecified atom stereocenters. The number of primary amides is 1. The number of thiophene rings is 7. The number of nitrogens with one attached hydrogen (secondary N) is 7. The van der Waals surface area contributed by atoms with E-state index in [1.54, 1.807) is 111 Å². The molecule has 2 atom stereocenters. The van der Waals surface area contributed by atoms with Gasteiger partial charge in [0.1, 0.15) is 72.6 Å². The molecule has 1 aliphatic heterocycles. The topological polar surface area (TPSA) is 568 Å². The molecular weight excluding hydrogens is 2240 g/mol. The fourth-order valence-corrected chi connectivity index (χ4v) is 20.0. The molecular formula is C95H91BrCl3N25O11S9V2. The second-order valence-electron chi connectivity index (χ2n) is 28.2. The first-order valence-electron chi connectivity index (χ1n) is 42.5. The number of nitriles is 1. The van der Waals surface area contributed by atoms with E-state index in [1.165, 1.54) is 85.6 Å². The Morgan fingerprint density at radius 3 is 1.44 bits per heavy atom. The molecule has 1 fully saturated rings. The van der Waals surface area contributed by atoms with Gasteiger partial charge in [0, 0.05) is 89.6 Å². The van der Waals surface area contributed by atoms with Crippen LogP contribution in [-0.4, -0.2) is 142 Å². The van der Waals surface area contributed by atoms with Crippen molar-refractivity contribution in [2.75, 3.05) is 93.1 Å². The summed E-state index contributed by atoms with van der Waals surface area (Å²) in [4.78, 5) is 117. The van der Waals surface area contributed by atoms with Gasteiger partial charge >= 0.3 is 36.2 Å². The number of halogens is 4. The number of H-pyrrole nitrogens is 2. The zero-order chi connectivity index (χ0) is 103. The molecule has 2 radical (unpaired) electrons. The van der Waals surface area contributed by atoms with Gasteiger partial charge in [-0.25, -0.2) is 70.0 Å². The Balaban J connectivity index is 0.000000203. The second kappa shape index (κ2) is 62.7. The summed E-state index contributed by atoms with van der Waals surface area (Å²) in [6.07, 6.45) is 0. The predicted molar refractivity (Wildman–Crippen MR) is 595 cm³/mol. The number of urea groups is 1. The number of amides is 2. The molecule has 0 bridgehead atoms.